The first-order chi connectivity index (χ1) is 29.7. The molecule has 0 radical (unpaired) electrons. The average molecular weight is 769 g/mol. The molecule has 9 aromatic carbocycles. The lowest BCUT2D eigenvalue weighted by Crippen LogP contribution is -2.17. The quantitative estimate of drug-likeness (QED) is 0.137. The van der Waals surface area contributed by atoms with Gasteiger partial charge in [-0.2, -0.15) is 0 Å². The summed E-state index contributed by atoms with van der Waals surface area (Å²) in [5, 5.41) is 2.44. The molecule has 9 aromatic rings. The SMILES string of the molecule is C1=CC(c2ccccc2)CC=C1N(c1ccc(-c2ccccc2)cc1)c1ccc(-c2cccc(N(c3ccc(-c4ccccc4)cc3)c3ccc4ccccc4c3)c2)cc1. The van der Waals surface area contributed by atoms with E-state index in [1.807, 2.05) is 0 Å². The van der Waals surface area contributed by atoms with Crippen molar-refractivity contribution in [3.8, 4) is 33.4 Å². The van der Waals surface area contributed by atoms with E-state index in [0.29, 0.717) is 5.92 Å². The summed E-state index contributed by atoms with van der Waals surface area (Å²) in [6.45, 7) is 0. The van der Waals surface area contributed by atoms with Gasteiger partial charge in [0.05, 0.1) is 0 Å². The predicted molar refractivity (Wildman–Crippen MR) is 255 cm³/mol. The Bertz CT molecular complexity index is 2910. The molecular formula is C58H44N2. The van der Waals surface area contributed by atoms with E-state index in [-0.39, 0.29) is 0 Å². The normalized spacial score (nSPS) is 13.5. The molecule has 0 aromatic heterocycles. The molecule has 0 amide bonds. The zero-order valence-electron chi connectivity index (χ0n) is 33.4. The van der Waals surface area contributed by atoms with Crippen molar-refractivity contribution in [3.63, 3.8) is 0 Å². The minimum absolute atomic E-state index is 0.364. The minimum atomic E-state index is 0.364. The van der Waals surface area contributed by atoms with Gasteiger partial charge in [0.2, 0.25) is 0 Å². The van der Waals surface area contributed by atoms with Gasteiger partial charge in [-0.1, -0.05) is 182 Å². The van der Waals surface area contributed by atoms with Gasteiger partial charge in [0.15, 0.2) is 0 Å². The Hall–Kier alpha value is -7.68. The molecule has 0 N–H and O–H groups in total. The molecule has 1 aliphatic rings. The van der Waals surface area contributed by atoms with E-state index >= 15 is 0 Å². The fraction of sp³-hybridized carbons (Fsp3) is 0.0345. The van der Waals surface area contributed by atoms with E-state index in [9.17, 15) is 0 Å². The van der Waals surface area contributed by atoms with Crippen LogP contribution in [0.15, 0.2) is 254 Å². The smallest absolute Gasteiger partial charge is 0.0468 e. The lowest BCUT2D eigenvalue weighted by Gasteiger charge is -2.29. The summed E-state index contributed by atoms with van der Waals surface area (Å²) in [6.07, 6.45) is 7.97. The molecule has 2 heteroatoms. The van der Waals surface area contributed by atoms with Crippen molar-refractivity contribution >= 4 is 39.2 Å². The van der Waals surface area contributed by atoms with Crippen LogP contribution >= 0.6 is 0 Å². The van der Waals surface area contributed by atoms with Crippen LogP contribution in [-0.4, -0.2) is 0 Å². The van der Waals surface area contributed by atoms with Gasteiger partial charge in [-0.3, -0.25) is 0 Å². The highest BCUT2D eigenvalue weighted by molar-refractivity contribution is 5.90. The standard InChI is InChI=1S/C58H44N2/c1-4-13-43(14-5-1)47-23-32-53(33-24-47)59(54-34-25-48(26-35-54)44-15-6-2-7-16-44)55-38-29-50(30-39-55)52-21-12-22-57(41-52)60(58-40-31-46-19-10-11-20-51(46)42-58)56-36-27-49(28-37-56)45-17-8-3-9-18-45/h1-25,27-42,48H,26H2. The second kappa shape index (κ2) is 16.7. The van der Waals surface area contributed by atoms with Crippen molar-refractivity contribution in [2.45, 2.75) is 12.3 Å². The predicted octanol–water partition coefficient (Wildman–Crippen LogP) is 16.1. The Balaban J connectivity index is 0.992. The maximum Gasteiger partial charge on any atom is 0.0468 e. The van der Waals surface area contributed by atoms with Gasteiger partial charge >= 0.3 is 0 Å². The maximum atomic E-state index is 2.38. The first-order valence-corrected chi connectivity index (χ1v) is 20.8. The first kappa shape index (κ1) is 36.6. The fourth-order valence-corrected chi connectivity index (χ4v) is 8.43. The molecule has 0 heterocycles. The average Bonchev–Trinajstić information content (AvgIpc) is 3.33. The fourth-order valence-electron chi connectivity index (χ4n) is 8.43. The second-order valence-electron chi connectivity index (χ2n) is 15.4. The van der Waals surface area contributed by atoms with Crippen LogP contribution in [0.3, 0.4) is 0 Å². The molecule has 0 saturated heterocycles. The van der Waals surface area contributed by atoms with Crippen LogP contribution in [0.4, 0.5) is 28.4 Å². The van der Waals surface area contributed by atoms with Gasteiger partial charge in [0, 0.05) is 40.1 Å². The molecule has 0 saturated carbocycles. The third-order valence-corrected chi connectivity index (χ3v) is 11.6. The minimum Gasteiger partial charge on any atom is -0.311 e. The number of hydrogen-bond donors (Lipinski definition) is 0. The van der Waals surface area contributed by atoms with E-state index in [2.05, 4.69) is 259 Å². The van der Waals surface area contributed by atoms with Crippen LogP contribution in [0.5, 0.6) is 0 Å². The number of anilines is 5. The van der Waals surface area contributed by atoms with E-state index in [1.165, 1.54) is 44.3 Å². The topological polar surface area (TPSA) is 6.48 Å². The summed E-state index contributed by atoms with van der Waals surface area (Å²) in [5.74, 6) is 0.364. The van der Waals surface area contributed by atoms with Gasteiger partial charge in [-0.25, -0.2) is 0 Å². The van der Waals surface area contributed by atoms with Crippen molar-refractivity contribution in [2.75, 3.05) is 9.80 Å². The molecule has 1 unspecified atom stereocenters. The highest BCUT2D eigenvalue weighted by atomic mass is 15.1. The molecule has 286 valence electrons. The lowest BCUT2D eigenvalue weighted by molar-refractivity contribution is 0.840. The highest BCUT2D eigenvalue weighted by Crippen LogP contribution is 2.40. The summed E-state index contributed by atoms with van der Waals surface area (Å²) in [7, 11) is 0. The molecule has 0 spiro atoms. The van der Waals surface area contributed by atoms with Crippen LogP contribution < -0.4 is 9.80 Å². The monoisotopic (exact) mass is 768 g/mol. The number of benzene rings is 9. The molecule has 0 bridgehead atoms. The Morgan fingerprint density at radius 1 is 0.317 bits per heavy atom. The van der Waals surface area contributed by atoms with Gasteiger partial charge in [0.1, 0.15) is 0 Å². The number of fused-ring (bicyclic) bond motifs is 1. The van der Waals surface area contributed by atoms with Crippen molar-refractivity contribution in [1.82, 2.24) is 0 Å². The van der Waals surface area contributed by atoms with Gasteiger partial charge < -0.3 is 9.80 Å². The maximum absolute atomic E-state index is 2.38. The van der Waals surface area contributed by atoms with Crippen LogP contribution in [0.25, 0.3) is 44.2 Å². The second-order valence-corrected chi connectivity index (χ2v) is 15.4. The van der Waals surface area contributed by atoms with Crippen molar-refractivity contribution in [3.05, 3.63) is 260 Å². The summed E-state index contributed by atoms with van der Waals surface area (Å²) >= 11 is 0. The number of rotatable bonds is 10. The Labute approximate surface area is 353 Å². The molecule has 1 atom stereocenters. The third kappa shape index (κ3) is 7.67. The van der Waals surface area contributed by atoms with E-state index in [0.717, 1.165) is 46.0 Å². The zero-order chi connectivity index (χ0) is 40.1. The van der Waals surface area contributed by atoms with E-state index in [1.54, 1.807) is 0 Å². The number of nitrogens with zero attached hydrogens (tertiary/aromatic N) is 2. The van der Waals surface area contributed by atoms with Gasteiger partial charge in [-0.15, -0.1) is 0 Å². The molecule has 60 heavy (non-hydrogen) atoms. The molecule has 0 fully saturated rings. The van der Waals surface area contributed by atoms with E-state index < -0.39 is 0 Å². The van der Waals surface area contributed by atoms with Gasteiger partial charge in [0.25, 0.3) is 0 Å². The number of allylic oxidation sites excluding steroid dienone is 3. The van der Waals surface area contributed by atoms with Crippen molar-refractivity contribution in [1.29, 1.82) is 0 Å². The molecular weight excluding hydrogens is 725 g/mol. The molecule has 1 aliphatic carbocycles. The Morgan fingerprint density at radius 2 is 0.767 bits per heavy atom. The lowest BCUT2D eigenvalue weighted by atomic mass is 9.91. The van der Waals surface area contributed by atoms with Gasteiger partial charge in [-0.05, 0) is 123 Å². The van der Waals surface area contributed by atoms with Crippen LogP contribution in [0.1, 0.15) is 17.9 Å². The Morgan fingerprint density at radius 3 is 1.33 bits per heavy atom. The molecule has 10 rings (SSSR count). The zero-order valence-corrected chi connectivity index (χ0v) is 33.4. The van der Waals surface area contributed by atoms with Crippen molar-refractivity contribution < 1.29 is 0 Å². The third-order valence-electron chi connectivity index (χ3n) is 11.6. The molecule has 0 aliphatic heterocycles. The van der Waals surface area contributed by atoms with E-state index in [4.69, 9.17) is 0 Å². The summed E-state index contributed by atoms with van der Waals surface area (Å²) in [5.41, 5.74) is 15.2. The molecule has 2 nitrogen and oxygen atoms in total. The summed E-state index contributed by atoms with van der Waals surface area (Å²) in [4.78, 5) is 4.75. The van der Waals surface area contributed by atoms with Crippen LogP contribution in [0, 0.1) is 0 Å². The highest BCUT2D eigenvalue weighted by Gasteiger charge is 2.19. The van der Waals surface area contributed by atoms with Crippen molar-refractivity contribution in [2.24, 2.45) is 0 Å². The largest absolute Gasteiger partial charge is 0.311 e. The summed E-state index contributed by atoms with van der Waals surface area (Å²) < 4.78 is 0. The first-order valence-electron chi connectivity index (χ1n) is 20.8. The number of hydrogen-bond acceptors (Lipinski definition) is 2. The summed E-state index contributed by atoms with van der Waals surface area (Å²) in [6, 6.07) is 83.1. The van der Waals surface area contributed by atoms with Crippen LogP contribution in [-0.2, 0) is 0 Å². The van der Waals surface area contributed by atoms with Crippen LogP contribution in [0.2, 0.25) is 0 Å². The Kier molecular flexibility index (Phi) is 10.2.